The monoisotopic (exact) mass is 342 g/mol. The summed E-state index contributed by atoms with van der Waals surface area (Å²) in [5.74, 6) is 0.324. The van der Waals surface area contributed by atoms with Crippen LogP contribution in [0.15, 0.2) is 48.8 Å². The number of ether oxygens (including phenoxy) is 1. The molecule has 2 amide bonds. The third-order valence-corrected chi connectivity index (χ3v) is 4.39. The van der Waals surface area contributed by atoms with Crippen molar-refractivity contribution in [1.82, 2.24) is 20.0 Å². The van der Waals surface area contributed by atoms with Gasteiger partial charge in [-0.3, -0.25) is 4.68 Å². The van der Waals surface area contributed by atoms with E-state index in [1.165, 1.54) is 5.56 Å². The van der Waals surface area contributed by atoms with Crippen molar-refractivity contribution in [2.45, 2.75) is 26.0 Å². The van der Waals surface area contributed by atoms with Crippen molar-refractivity contribution in [2.24, 2.45) is 5.92 Å². The van der Waals surface area contributed by atoms with Crippen LogP contribution < -0.4 is 5.32 Å². The van der Waals surface area contributed by atoms with E-state index in [1.54, 1.807) is 6.20 Å². The Labute approximate surface area is 148 Å². The van der Waals surface area contributed by atoms with Crippen molar-refractivity contribution in [3.8, 4) is 0 Å². The van der Waals surface area contributed by atoms with Crippen LogP contribution in [0.5, 0.6) is 0 Å². The standard InChI is InChI=1S/C19H26N4O2/c1-16(14-23-9-5-8-21-23)13-20-19(24)22-10-11-25-18(15-22)12-17-6-3-2-4-7-17/h2-9,16,18H,10-15H2,1H3,(H,20,24)/t16-,18+/m0/s1. The molecule has 0 saturated carbocycles. The van der Waals surface area contributed by atoms with Crippen molar-refractivity contribution in [3.05, 3.63) is 54.4 Å². The molecule has 3 rings (SSSR count). The Morgan fingerprint density at radius 1 is 1.36 bits per heavy atom. The minimum absolute atomic E-state index is 0.00585. The van der Waals surface area contributed by atoms with Gasteiger partial charge in [0, 0.05) is 45.0 Å². The first-order valence-electron chi connectivity index (χ1n) is 8.86. The Kier molecular flexibility index (Phi) is 6.06. The van der Waals surface area contributed by atoms with E-state index in [0.29, 0.717) is 32.2 Å². The summed E-state index contributed by atoms with van der Waals surface area (Å²) in [5, 5.41) is 7.24. The van der Waals surface area contributed by atoms with E-state index in [4.69, 9.17) is 4.74 Å². The molecule has 1 fully saturated rings. The molecule has 0 aliphatic carbocycles. The number of aromatic nitrogens is 2. The molecule has 1 N–H and O–H groups in total. The van der Waals surface area contributed by atoms with Gasteiger partial charge in [0.1, 0.15) is 0 Å². The van der Waals surface area contributed by atoms with Crippen LogP contribution in [-0.2, 0) is 17.7 Å². The highest BCUT2D eigenvalue weighted by Gasteiger charge is 2.24. The SMILES string of the molecule is C[C@@H](CNC(=O)N1CCO[C@H](Cc2ccccc2)C1)Cn1cccn1. The Hall–Kier alpha value is -2.34. The lowest BCUT2D eigenvalue weighted by Crippen LogP contribution is -2.50. The van der Waals surface area contributed by atoms with Gasteiger partial charge in [0.05, 0.1) is 12.7 Å². The molecule has 0 bridgehead atoms. The molecule has 1 saturated heterocycles. The van der Waals surface area contributed by atoms with Crippen molar-refractivity contribution in [3.63, 3.8) is 0 Å². The molecule has 0 radical (unpaired) electrons. The minimum Gasteiger partial charge on any atom is -0.374 e. The number of amides is 2. The van der Waals surface area contributed by atoms with E-state index in [1.807, 2.05) is 40.0 Å². The van der Waals surface area contributed by atoms with Crippen LogP contribution >= 0.6 is 0 Å². The predicted molar refractivity (Wildman–Crippen MR) is 96.2 cm³/mol. The normalized spacial score (nSPS) is 18.8. The van der Waals surface area contributed by atoms with Crippen LogP contribution in [0.25, 0.3) is 0 Å². The first-order valence-corrected chi connectivity index (χ1v) is 8.86. The van der Waals surface area contributed by atoms with Crippen LogP contribution in [0, 0.1) is 5.92 Å². The molecule has 0 unspecified atom stereocenters. The smallest absolute Gasteiger partial charge is 0.317 e. The second-order valence-corrected chi connectivity index (χ2v) is 6.65. The Balaban J connectivity index is 1.43. The number of carbonyl (C=O) groups excluding carboxylic acids is 1. The van der Waals surface area contributed by atoms with E-state index < -0.39 is 0 Å². The van der Waals surface area contributed by atoms with Crippen LogP contribution in [0.2, 0.25) is 0 Å². The fraction of sp³-hybridized carbons (Fsp3) is 0.474. The molecule has 2 heterocycles. The number of hydrogen-bond acceptors (Lipinski definition) is 3. The number of urea groups is 1. The van der Waals surface area contributed by atoms with E-state index in [2.05, 4.69) is 29.5 Å². The molecule has 1 aliphatic rings. The zero-order valence-electron chi connectivity index (χ0n) is 14.7. The second kappa shape index (κ2) is 8.67. The van der Waals surface area contributed by atoms with Crippen molar-refractivity contribution in [1.29, 1.82) is 0 Å². The van der Waals surface area contributed by atoms with Gasteiger partial charge in [0.2, 0.25) is 0 Å². The van der Waals surface area contributed by atoms with Crippen LogP contribution in [0.4, 0.5) is 4.79 Å². The maximum absolute atomic E-state index is 12.4. The molecular weight excluding hydrogens is 316 g/mol. The highest BCUT2D eigenvalue weighted by Crippen LogP contribution is 2.12. The first kappa shape index (κ1) is 17.5. The van der Waals surface area contributed by atoms with Gasteiger partial charge in [-0.2, -0.15) is 5.10 Å². The van der Waals surface area contributed by atoms with Gasteiger partial charge >= 0.3 is 6.03 Å². The summed E-state index contributed by atoms with van der Waals surface area (Å²) in [5.41, 5.74) is 1.24. The number of nitrogens with zero attached hydrogens (tertiary/aromatic N) is 3. The lowest BCUT2D eigenvalue weighted by molar-refractivity contribution is -0.0133. The molecule has 134 valence electrons. The largest absolute Gasteiger partial charge is 0.374 e. The average Bonchev–Trinajstić information content (AvgIpc) is 3.14. The Morgan fingerprint density at radius 3 is 2.96 bits per heavy atom. The molecule has 25 heavy (non-hydrogen) atoms. The molecular formula is C19H26N4O2. The number of carbonyl (C=O) groups is 1. The van der Waals surface area contributed by atoms with Crippen LogP contribution in [0.1, 0.15) is 12.5 Å². The minimum atomic E-state index is -0.00585. The Bertz CT molecular complexity index is 645. The van der Waals surface area contributed by atoms with Gasteiger partial charge in [0.15, 0.2) is 0 Å². The summed E-state index contributed by atoms with van der Waals surface area (Å²) in [4.78, 5) is 14.3. The van der Waals surface area contributed by atoms with E-state index in [0.717, 1.165) is 13.0 Å². The van der Waals surface area contributed by atoms with Gasteiger partial charge < -0.3 is 15.0 Å². The highest BCUT2D eigenvalue weighted by atomic mass is 16.5. The third kappa shape index (κ3) is 5.32. The quantitative estimate of drug-likeness (QED) is 0.875. The summed E-state index contributed by atoms with van der Waals surface area (Å²) in [6.07, 6.45) is 4.60. The molecule has 2 atom stereocenters. The molecule has 1 aromatic heterocycles. The molecule has 1 aromatic carbocycles. The molecule has 0 spiro atoms. The molecule has 6 nitrogen and oxygen atoms in total. The number of hydrogen-bond donors (Lipinski definition) is 1. The molecule has 2 aromatic rings. The van der Waals surface area contributed by atoms with E-state index in [-0.39, 0.29) is 12.1 Å². The summed E-state index contributed by atoms with van der Waals surface area (Å²) >= 11 is 0. The van der Waals surface area contributed by atoms with Gasteiger partial charge in [-0.25, -0.2) is 4.79 Å². The topological polar surface area (TPSA) is 59.4 Å². The number of morpholine rings is 1. The summed E-state index contributed by atoms with van der Waals surface area (Å²) < 4.78 is 7.72. The Morgan fingerprint density at radius 2 is 2.20 bits per heavy atom. The lowest BCUT2D eigenvalue weighted by atomic mass is 10.1. The van der Waals surface area contributed by atoms with Crippen molar-refractivity contribution in [2.75, 3.05) is 26.2 Å². The van der Waals surface area contributed by atoms with Gasteiger partial charge in [-0.15, -0.1) is 0 Å². The summed E-state index contributed by atoms with van der Waals surface area (Å²) in [7, 11) is 0. The molecule has 1 aliphatic heterocycles. The van der Waals surface area contributed by atoms with Crippen molar-refractivity contribution < 1.29 is 9.53 Å². The van der Waals surface area contributed by atoms with Gasteiger partial charge in [-0.05, 0) is 17.5 Å². The lowest BCUT2D eigenvalue weighted by Gasteiger charge is -2.33. The van der Waals surface area contributed by atoms with Crippen LogP contribution in [-0.4, -0.2) is 53.1 Å². The van der Waals surface area contributed by atoms with E-state index in [9.17, 15) is 4.79 Å². The highest BCUT2D eigenvalue weighted by molar-refractivity contribution is 5.74. The fourth-order valence-electron chi connectivity index (χ4n) is 3.07. The van der Waals surface area contributed by atoms with Crippen LogP contribution in [0.3, 0.4) is 0 Å². The van der Waals surface area contributed by atoms with Gasteiger partial charge in [-0.1, -0.05) is 37.3 Å². The third-order valence-electron chi connectivity index (χ3n) is 4.39. The zero-order chi connectivity index (χ0) is 17.5. The molecule has 6 heteroatoms. The van der Waals surface area contributed by atoms with E-state index >= 15 is 0 Å². The van der Waals surface area contributed by atoms with Gasteiger partial charge in [0.25, 0.3) is 0 Å². The number of rotatable bonds is 6. The predicted octanol–water partition coefficient (Wildman–Crippen LogP) is 2.17. The first-order chi connectivity index (χ1) is 12.2. The number of benzene rings is 1. The second-order valence-electron chi connectivity index (χ2n) is 6.65. The average molecular weight is 342 g/mol. The maximum Gasteiger partial charge on any atom is 0.317 e. The maximum atomic E-state index is 12.4. The zero-order valence-corrected chi connectivity index (χ0v) is 14.7. The summed E-state index contributed by atoms with van der Waals surface area (Å²) in [6.45, 7) is 5.42. The van der Waals surface area contributed by atoms with Crippen molar-refractivity contribution >= 4 is 6.03 Å². The fourth-order valence-corrected chi connectivity index (χ4v) is 3.07. The number of nitrogens with one attached hydrogen (secondary N) is 1. The summed E-state index contributed by atoms with van der Waals surface area (Å²) in [6, 6.07) is 12.2.